The van der Waals surface area contributed by atoms with E-state index in [1.165, 1.54) is 0 Å². The molecule has 0 saturated carbocycles. The summed E-state index contributed by atoms with van der Waals surface area (Å²) in [6.45, 7) is 3.87. The number of primary amides is 1. The molecule has 3 aromatic heterocycles. The zero-order valence-electron chi connectivity index (χ0n) is 15.4. The second-order valence-electron chi connectivity index (χ2n) is 6.41. The van der Waals surface area contributed by atoms with Gasteiger partial charge in [0.05, 0.1) is 12.8 Å². The molecular weight excluding hydrogens is 424 g/mol. The van der Waals surface area contributed by atoms with Crippen LogP contribution in [-0.4, -0.2) is 32.5 Å². The van der Waals surface area contributed by atoms with Crippen molar-refractivity contribution in [3.8, 4) is 11.4 Å². The third-order valence-electron chi connectivity index (χ3n) is 4.69. The van der Waals surface area contributed by atoms with Crippen LogP contribution in [0.2, 0.25) is 0 Å². The molecule has 3 heterocycles. The third-order valence-corrected chi connectivity index (χ3v) is 5.12. The molecule has 142 valence electrons. The molecule has 8 nitrogen and oxygen atoms in total. The molecular formula is C19H17BrN6O2. The fourth-order valence-corrected chi connectivity index (χ4v) is 3.75. The molecule has 0 aliphatic rings. The quantitative estimate of drug-likeness (QED) is 0.504. The SMILES string of the molecule is COc1ccc(C)c(-n2c(N)c(C(N)=O)c3nc4ncc(Br)cc4nc32)c1C. The number of aromatic nitrogens is 4. The lowest BCUT2D eigenvalue weighted by molar-refractivity contribution is 0.100. The third kappa shape index (κ3) is 2.58. The van der Waals surface area contributed by atoms with Gasteiger partial charge in [-0.3, -0.25) is 9.36 Å². The number of carbonyl (C=O) groups is 1. The number of halogens is 1. The minimum Gasteiger partial charge on any atom is -0.496 e. The summed E-state index contributed by atoms with van der Waals surface area (Å²) >= 11 is 3.39. The van der Waals surface area contributed by atoms with Gasteiger partial charge in [-0.15, -0.1) is 0 Å². The lowest BCUT2D eigenvalue weighted by Gasteiger charge is -2.16. The van der Waals surface area contributed by atoms with Gasteiger partial charge >= 0.3 is 0 Å². The first-order chi connectivity index (χ1) is 13.3. The number of nitrogens with two attached hydrogens (primary N) is 2. The number of methoxy groups -OCH3 is 1. The summed E-state index contributed by atoms with van der Waals surface area (Å²) in [4.78, 5) is 25.7. The number of nitrogen functional groups attached to an aromatic ring is 1. The molecule has 0 atom stereocenters. The number of nitrogens with zero attached hydrogens (tertiary/aromatic N) is 4. The molecule has 9 heteroatoms. The van der Waals surface area contributed by atoms with Gasteiger partial charge in [0.25, 0.3) is 5.91 Å². The zero-order valence-corrected chi connectivity index (χ0v) is 17.0. The highest BCUT2D eigenvalue weighted by Gasteiger charge is 2.25. The first-order valence-corrected chi connectivity index (χ1v) is 9.20. The average molecular weight is 441 g/mol. The molecule has 0 unspecified atom stereocenters. The molecule has 1 aromatic carbocycles. The summed E-state index contributed by atoms with van der Waals surface area (Å²) in [5, 5.41) is 0. The smallest absolute Gasteiger partial charge is 0.254 e. The van der Waals surface area contributed by atoms with Gasteiger partial charge in [0.1, 0.15) is 28.2 Å². The number of aryl methyl sites for hydroxylation is 1. The number of fused-ring (bicyclic) bond motifs is 2. The summed E-state index contributed by atoms with van der Waals surface area (Å²) in [7, 11) is 1.60. The Bertz CT molecular complexity index is 1280. The maximum absolute atomic E-state index is 12.2. The van der Waals surface area contributed by atoms with E-state index in [9.17, 15) is 4.79 Å². The van der Waals surface area contributed by atoms with E-state index in [1.807, 2.05) is 26.0 Å². The first-order valence-electron chi connectivity index (χ1n) is 8.41. The van der Waals surface area contributed by atoms with Crippen LogP contribution in [0.15, 0.2) is 28.9 Å². The molecule has 1 amide bonds. The maximum Gasteiger partial charge on any atom is 0.254 e. The van der Waals surface area contributed by atoms with Crippen molar-refractivity contribution in [2.24, 2.45) is 5.73 Å². The van der Waals surface area contributed by atoms with Gasteiger partial charge in [-0.2, -0.15) is 0 Å². The fraction of sp³-hybridized carbons (Fsp3) is 0.158. The van der Waals surface area contributed by atoms with Crippen LogP contribution in [0.3, 0.4) is 0 Å². The van der Waals surface area contributed by atoms with Crippen molar-refractivity contribution in [3.05, 3.63) is 45.6 Å². The van der Waals surface area contributed by atoms with Crippen molar-refractivity contribution in [1.82, 2.24) is 19.5 Å². The molecule has 0 aliphatic heterocycles. The van der Waals surface area contributed by atoms with Gasteiger partial charge in [-0.05, 0) is 47.5 Å². The van der Waals surface area contributed by atoms with Crippen LogP contribution in [0.25, 0.3) is 28.0 Å². The lowest BCUT2D eigenvalue weighted by Crippen LogP contribution is -2.14. The highest BCUT2D eigenvalue weighted by atomic mass is 79.9. The van der Waals surface area contributed by atoms with E-state index in [0.29, 0.717) is 28.1 Å². The van der Waals surface area contributed by atoms with Crippen molar-refractivity contribution in [2.45, 2.75) is 13.8 Å². The van der Waals surface area contributed by atoms with Gasteiger partial charge < -0.3 is 16.2 Å². The van der Waals surface area contributed by atoms with Crippen LogP contribution in [0.4, 0.5) is 5.82 Å². The summed E-state index contributed by atoms with van der Waals surface area (Å²) in [6.07, 6.45) is 1.61. The summed E-state index contributed by atoms with van der Waals surface area (Å²) in [6, 6.07) is 5.60. The summed E-state index contributed by atoms with van der Waals surface area (Å²) in [5.74, 6) is 0.196. The number of carbonyl (C=O) groups excluding carboxylic acids is 1. The Morgan fingerprint density at radius 3 is 2.68 bits per heavy atom. The molecule has 0 fully saturated rings. The molecule has 4 rings (SSSR count). The topological polar surface area (TPSA) is 122 Å². The highest BCUT2D eigenvalue weighted by Crippen LogP contribution is 2.35. The Balaban J connectivity index is 2.21. The number of pyridine rings is 1. The van der Waals surface area contributed by atoms with Gasteiger partial charge in [0, 0.05) is 16.2 Å². The molecule has 28 heavy (non-hydrogen) atoms. The second-order valence-corrected chi connectivity index (χ2v) is 7.33. The largest absolute Gasteiger partial charge is 0.496 e. The van der Waals surface area contributed by atoms with Crippen LogP contribution >= 0.6 is 15.9 Å². The molecule has 4 N–H and O–H groups in total. The number of anilines is 1. The number of benzene rings is 1. The van der Waals surface area contributed by atoms with E-state index in [1.54, 1.807) is 23.9 Å². The predicted octanol–water partition coefficient (Wildman–Crippen LogP) is 3.04. The number of hydrogen-bond donors (Lipinski definition) is 2. The molecule has 4 aromatic rings. The van der Waals surface area contributed by atoms with Crippen LogP contribution in [-0.2, 0) is 0 Å². The van der Waals surface area contributed by atoms with Crippen molar-refractivity contribution in [2.75, 3.05) is 12.8 Å². The highest BCUT2D eigenvalue weighted by molar-refractivity contribution is 9.10. The predicted molar refractivity (Wildman–Crippen MR) is 111 cm³/mol. The maximum atomic E-state index is 12.2. The zero-order chi connectivity index (χ0) is 20.2. The van der Waals surface area contributed by atoms with Gasteiger partial charge in [-0.25, -0.2) is 15.0 Å². The molecule has 0 saturated heterocycles. The number of rotatable bonds is 3. The molecule has 0 bridgehead atoms. The van der Waals surface area contributed by atoms with E-state index in [-0.39, 0.29) is 11.4 Å². The van der Waals surface area contributed by atoms with Crippen molar-refractivity contribution in [3.63, 3.8) is 0 Å². The average Bonchev–Trinajstić information content (AvgIpc) is 2.91. The first kappa shape index (κ1) is 18.2. The Morgan fingerprint density at radius 2 is 2.00 bits per heavy atom. The van der Waals surface area contributed by atoms with Crippen molar-refractivity contribution in [1.29, 1.82) is 0 Å². The fourth-order valence-electron chi connectivity index (χ4n) is 3.44. The van der Waals surface area contributed by atoms with E-state index < -0.39 is 5.91 Å². The standard InChI is InChI=1S/C19H17BrN6O2/c1-8-4-5-12(28-3)9(2)15(8)26-16(21)13(17(22)27)14-19(26)24-11-6-10(20)7-23-18(11)25-14/h4-7H,21H2,1-3H3,(H2,22,27). The Labute approximate surface area is 168 Å². The Kier molecular flexibility index (Phi) is 4.19. The number of amides is 1. The van der Waals surface area contributed by atoms with Crippen molar-refractivity contribution < 1.29 is 9.53 Å². The Hall–Kier alpha value is -3.20. The second kappa shape index (κ2) is 6.45. The van der Waals surface area contributed by atoms with Crippen molar-refractivity contribution >= 4 is 50.0 Å². The molecule has 0 radical (unpaired) electrons. The summed E-state index contributed by atoms with van der Waals surface area (Å²) < 4.78 is 7.93. The van der Waals surface area contributed by atoms with Crippen LogP contribution in [0.1, 0.15) is 21.5 Å². The lowest BCUT2D eigenvalue weighted by atomic mass is 10.1. The minimum atomic E-state index is -0.676. The number of ether oxygens (including phenoxy) is 1. The van der Waals surface area contributed by atoms with Gasteiger partial charge in [0.15, 0.2) is 11.3 Å². The van der Waals surface area contributed by atoms with Crippen LogP contribution < -0.4 is 16.2 Å². The minimum absolute atomic E-state index is 0.121. The molecule has 0 spiro atoms. The summed E-state index contributed by atoms with van der Waals surface area (Å²) in [5.41, 5.74) is 16.4. The van der Waals surface area contributed by atoms with E-state index in [4.69, 9.17) is 21.2 Å². The normalized spacial score (nSPS) is 11.3. The van der Waals surface area contributed by atoms with Crippen LogP contribution in [0.5, 0.6) is 5.75 Å². The molecule has 0 aliphatic carbocycles. The van der Waals surface area contributed by atoms with E-state index >= 15 is 0 Å². The Morgan fingerprint density at radius 1 is 1.25 bits per heavy atom. The van der Waals surface area contributed by atoms with E-state index in [2.05, 4.69) is 25.9 Å². The van der Waals surface area contributed by atoms with Gasteiger partial charge in [-0.1, -0.05) is 6.07 Å². The monoisotopic (exact) mass is 440 g/mol. The number of hydrogen-bond acceptors (Lipinski definition) is 6. The van der Waals surface area contributed by atoms with Gasteiger partial charge in [0.2, 0.25) is 0 Å². The van der Waals surface area contributed by atoms with Crippen LogP contribution in [0, 0.1) is 13.8 Å². The van der Waals surface area contributed by atoms with E-state index in [0.717, 1.165) is 21.3 Å².